The van der Waals surface area contributed by atoms with Gasteiger partial charge in [0.2, 0.25) is 5.91 Å². The van der Waals surface area contributed by atoms with E-state index in [9.17, 15) is 22.8 Å². The first-order valence-electron chi connectivity index (χ1n) is 8.21. The third-order valence-electron chi connectivity index (χ3n) is 4.27. The van der Waals surface area contributed by atoms with Gasteiger partial charge in [-0.2, -0.15) is 5.26 Å². The van der Waals surface area contributed by atoms with E-state index in [4.69, 9.17) is 5.26 Å². The molecule has 1 N–H and O–H groups in total. The number of alkyl halides is 2. The highest BCUT2D eigenvalue weighted by Crippen LogP contribution is 2.22. The number of hydrogen-bond donors (Lipinski definition) is 1. The largest absolute Gasteiger partial charge is 0.325 e. The van der Waals surface area contributed by atoms with Crippen LogP contribution in [0.4, 0.5) is 18.9 Å². The van der Waals surface area contributed by atoms with Crippen LogP contribution in [0.5, 0.6) is 0 Å². The van der Waals surface area contributed by atoms with E-state index in [1.807, 2.05) is 6.07 Å². The molecular formula is C19H18F3N3O2. The average molecular weight is 377 g/mol. The van der Waals surface area contributed by atoms with Crippen molar-refractivity contribution in [1.82, 2.24) is 4.98 Å². The minimum atomic E-state index is -2.82. The number of nitrogens with zero attached hydrogens (tertiary/aromatic N) is 2. The van der Waals surface area contributed by atoms with Gasteiger partial charge < -0.3 is 9.88 Å². The van der Waals surface area contributed by atoms with E-state index < -0.39 is 30.3 Å². The molecule has 5 nitrogen and oxygen atoms in total. The minimum Gasteiger partial charge on any atom is -0.325 e. The van der Waals surface area contributed by atoms with Crippen molar-refractivity contribution >= 4 is 11.6 Å². The number of aryl methyl sites for hydroxylation is 1. The minimum absolute atomic E-state index is 0.0541. The summed E-state index contributed by atoms with van der Waals surface area (Å²) in [4.78, 5) is 27.6. The van der Waals surface area contributed by atoms with E-state index in [1.165, 1.54) is 18.2 Å². The van der Waals surface area contributed by atoms with Crippen LogP contribution in [-0.4, -0.2) is 23.9 Å². The van der Waals surface area contributed by atoms with Gasteiger partial charge in [0.1, 0.15) is 17.4 Å². The van der Waals surface area contributed by atoms with Crippen molar-refractivity contribution in [1.29, 1.82) is 5.26 Å². The van der Waals surface area contributed by atoms with Gasteiger partial charge in [0.05, 0.1) is 12.2 Å². The summed E-state index contributed by atoms with van der Waals surface area (Å²) >= 11 is 0. The molecule has 1 aromatic carbocycles. The van der Waals surface area contributed by atoms with E-state index in [2.05, 4.69) is 4.98 Å². The van der Waals surface area contributed by atoms with Gasteiger partial charge >= 0.3 is 0 Å². The van der Waals surface area contributed by atoms with Gasteiger partial charge in [0.25, 0.3) is 12.0 Å². The lowest BCUT2D eigenvalue weighted by molar-refractivity contribution is -0.119. The predicted octanol–water partition coefficient (Wildman–Crippen LogP) is 3.23. The van der Waals surface area contributed by atoms with E-state index in [0.717, 1.165) is 11.0 Å². The third-order valence-corrected chi connectivity index (χ3v) is 4.27. The Labute approximate surface area is 154 Å². The standard InChI is InChI=1S/C19H18F3N3O2/c1-11-13(12(2)24-19(27)14(11)9-23)7-8-18(26)25(10-17(21)22)16-6-4-3-5-15(16)20/h3-6,17H,7-8,10H2,1-2H3,(H,24,27). The fraction of sp³-hybridized carbons (Fsp3) is 0.316. The first-order chi connectivity index (χ1) is 12.8. The lowest BCUT2D eigenvalue weighted by Gasteiger charge is -2.23. The van der Waals surface area contributed by atoms with Gasteiger partial charge in [0, 0.05) is 12.1 Å². The smallest absolute Gasteiger partial charge is 0.266 e. The highest BCUT2D eigenvalue weighted by Gasteiger charge is 2.23. The SMILES string of the molecule is Cc1[nH]c(=O)c(C#N)c(C)c1CCC(=O)N(CC(F)F)c1ccccc1F. The van der Waals surface area contributed by atoms with Crippen LogP contribution in [0.2, 0.25) is 0 Å². The molecule has 2 rings (SSSR count). The maximum Gasteiger partial charge on any atom is 0.266 e. The van der Waals surface area contributed by atoms with E-state index >= 15 is 0 Å². The summed E-state index contributed by atoms with van der Waals surface area (Å²) in [6, 6.07) is 7.03. The number of carbonyl (C=O) groups excluding carboxylic acids is 1. The molecule has 0 aliphatic carbocycles. The van der Waals surface area contributed by atoms with E-state index in [1.54, 1.807) is 13.8 Å². The number of nitrogens with one attached hydrogen (secondary N) is 1. The molecule has 0 radical (unpaired) electrons. The van der Waals surface area contributed by atoms with Gasteiger partial charge in [-0.1, -0.05) is 12.1 Å². The Morgan fingerprint density at radius 2 is 1.96 bits per heavy atom. The normalized spacial score (nSPS) is 10.7. The Morgan fingerprint density at radius 3 is 2.56 bits per heavy atom. The van der Waals surface area contributed by atoms with Gasteiger partial charge in [-0.25, -0.2) is 13.2 Å². The number of amides is 1. The van der Waals surface area contributed by atoms with Crippen molar-refractivity contribution in [2.24, 2.45) is 0 Å². The second kappa shape index (κ2) is 8.54. The molecule has 0 aliphatic rings. The maximum atomic E-state index is 14.0. The van der Waals surface area contributed by atoms with Crippen LogP contribution in [0.25, 0.3) is 0 Å². The van der Waals surface area contributed by atoms with Crippen LogP contribution in [0.1, 0.15) is 28.8 Å². The number of benzene rings is 1. The van der Waals surface area contributed by atoms with Crippen LogP contribution in [0, 0.1) is 31.0 Å². The number of carbonyl (C=O) groups is 1. The fourth-order valence-corrected chi connectivity index (χ4v) is 2.93. The molecule has 0 unspecified atom stereocenters. The molecule has 0 saturated carbocycles. The van der Waals surface area contributed by atoms with Crippen molar-refractivity contribution in [3.63, 3.8) is 0 Å². The van der Waals surface area contributed by atoms with Crippen LogP contribution in [0.15, 0.2) is 29.1 Å². The summed E-state index contributed by atoms with van der Waals surface area (Å²) in [6.07, 6.45) is -2.88. The third kappa shape index (κ3) is 4.56. The highest BCUT2D eigenvalue weighted by molar-refractivity contribution is 5.93. The molecule has 1 aromatic heterocycles. The fourth-order valence-electron chi connectivity index (χ4n) is 2.93. The molecule has 27 heavy (non-hydrogen) atoms. The molecule has 0 aliphatic heterocycles. The molecule has 0 atom stereocenters. The highest BCUT2D eigenvalue weighted by atomic mass is 19.3. The van der Waals surface area contributed by atoms with Gasteiger partial charge in [-0.3, -0.25) is 9.59 Å². The zero-order valence-corrected chi connectivity index (χ0v) is 14.9. The topological polar surface area (TPSA) is 77.0 Å². The zero-order valence-electron chi connectivity index (χ0n) is 14.9. The molecule has 0 saturated heterocycles. The summed E-state index contributed by atoms with van der Waals surface area (Å²) in [5, 5.41) is 9.09. The number of rotatable bonds is 6. The molecular weight excluding hydrogens is 359 g/mol. The molecule has 142 valence electrons. The monoisotopic (exact) mass is 377 g/mol. The quantitative estimate of drug-likeness (QED) is 0.840. The lowest BCUT2D eigenvalue weighted by atomic mass is 9.99. The molecule has 8 heteroatoms. The summed E-state index contributed by atoms with van der Waals surface area (Å²) < 4.78 is 39.8. The van der Waals surface area contributed by atoms with Crippen molar-refractivity contribution in [3.05, 3.63) is 62.8 Å². The summed E-state index contributed by atoms with van der Waals surface area (Å²) in [7, 11) is 0. The van der Waals surface area contributed by atoms with E-state index in [0.29, 0.717) is 16.8 Å². The summed E-state index contributed by atoms with van der Waals surface area (Å²) in [5.41, 5.74) is 0.740. The van der Waals surface area contributed by atoms with Crippen LogP contribution in [0.3, 0.4) is 0 Å². The number of H-pyrrole nitrogens is 1. The molecule has 2 aromatic rings. The Kier molecular flexibility index (Phi) is 6.40. The zero-order chi connectivity index (χ0) is 20.1. The maximum absolute atomic E-state index is 14.0. The summed E-state index contributed by atoms with van der Waals surface area (Å²) in [6.45, 7) is 2.30. The van der Waals surface area contributed by atoms with Crippen LogP contribution in [-0.2, 0) is 11.2 Å². The Morgan fingerprint density at radius 1 is 1.30 bits per heavy atom. The van der Waals surface area contributed by atoms with Gasteiger partial charge in [-0.15, -0.1) is 0 Å². The van der Waals surface area contributed by atoms with Crippen molar-refractivity contribution in [2.45, 2.75) is 33.1 Å². The molecule has 0 fully saturated rings. The molecule has 1 heterocycles. The molecule has 0 bridgehead atoms. The average Bonchev–Trinajstić information content (AvgIpc) is 2.60. The Bertz CT molecular complexity index is 948. The first-order valence-corrected chi connectivity index (χ1v) is 8.21. The van der Waals surface area contributed by atoms with Gasteiger partial charge in [-0.05, 0) is 43.5 Å². The number of aromatic amines is 1. The molecule has 0 spiro atoms. The Hall–Kier alpha value is -3.08. The van der Waals surface area contributed by atoms with Crippen LogP contribution >= 0.6 is 0 Å². The second-order valence-corrected chi connectivity index (χ2v) is 6.02. The molecule has 1 amide bonds. The summed E-state index contributed by atoms with van der Waals surface area (Å²) in [5.74, 6) is -1.45. The predicted molar refractivity (Wildman–Crippen MR) is 94.3 cm³/mol. The number of hydrogen-bond acceptors (Lipinski definition) is 3. The van der Waals surface area contributed by atoms with Crippen LogP contribution < -0.4 is 10.5 Å². The first kappa shape index (κ1) is 20.2. The number of nitriles is 1. The Balaban J connectivity index is 2.28. The van der Waals surface area contributed by atoms with Crippen molar-refractivity contribution in [3.8, 4) is 6.07 Å². The van der Waals surface area contributed by atoms with Crippen molar-refractivity contribution < 1.29 is 18.0 Å². The second-order valence-electron chi connectivity index (χ2n) is 6.02. The van der Waals surface area contributed by atoms with Crippen molar-refractivity contribution in [2.75, 3.05) is 11.4 Å². The lowest BCUT2D eigenvalue weighted by Crippen LogP contribution is -2.36. The van der Waals surface area contributed by atoms with Gasteiger partial charge in [0.15, 0.2) is 0 Å². The number of para-hydroxylation sites is 1. The number of anilines is 1. The number of pyridine rings is 1. The number of aromatic nitrogens is 1. The van der Waals surface area contributed by atoms with E-state index in [-0.39, 0.29) is 24.1 Å². The number of halogens is 3.